The van der Waals surface area contributed by atoms with Gasteiger partial charge in [0.25, 0.3) is 0 Å². The van der Waals surface area contributed by atoms with Gasteiger partial charge in [-0.05, 0) is 24.7 Å². The lowest BCUT2D eigenvalue weighted by atomic mass is 10.1. The third-order valence-corrected chi connectivity index (χ3v) is 2.44. The standard InChI is InChI=1S/C9H10N4S/c1-7(8-5-3-2-4-6-8)13-9(14)10-11-12-13/h2-7H,1H3,(H,10,12,14). The van der Waals surface area contributed by atoms with Gasteiger partial charge in [-0.3, -0.25) is 0 Å². The summed E-state index contributed by atoms with van der Waals surface area (Å²) in [4.78, 5) is 0. The smallest absolute Gasteiger partial charge is 0.235 e. The number of hydrogen-bond acceptors (Lipinski definition) is 3. The van der Waals surface area contributed by atoms with Gasteiger partial charge in [0.15, 0.2) is 0 Å². The molecule has 5 heteroatoms. The summed E-state index contributed by atoms with van der Waals surface area (Å²) in [6, 6.07) is 10.2. The summed E-state index contributed by atoms with van der Waals surface area (Å²) in [6.07, 6.45) is 0. The molecule has 0 aliphatic heterocycles. The normalized spacial score (nSPS) is 12.6. The van der Waals surface area contributed by atoms with Crippen molar-refractivity contribution in [3.05, 3.63) is 40.7 Å². The Balaban J connectivity index is 2.39. The number of benzene rings is 1. The molecule has 0 aliphatic carbocycles. The van der Waals surface area contributed by atoms with Gasteiger partial charge in [0, 0.05) is 0 Å². The number of nitrogens with zero attached hydrogens (tertiary/aromatic N) is 3. The van der Waals surface area contributed by atoms with Crippen molar-refractivity contribution in [3.63, 3.8) is 0 Å². The van der Waals surface area contributed by atoms with Crippen molar-refractivity contribution in [2.24, 2.45) is 0 Å². The van der Waals surface area contributed by atoms with Crippen LogP contribution < -0.4 is 0 Å². The van der Waals surface area contributed by atoms with Gasteiger partial charge in [-0.1, -0.05) is 40.6 Å². The van der Waals surface area contributed by atoms with E-state index in [2.05, 4.69) is 15.5 Å². The Bertz CT molecular complexity index is 459. The van der Waals surface area contributed by atoms with Crippen LogP contribution in [0, 0.1) is 4.77 Å². The molecule has 1 aromatic heterocycles. The minimum absolute atomic E-state index is 0.138. The van der Waals surface area contributed by atoms with E-state index in [0.717, 1.165) is 0 Å². The van der Waals surface area contributed by atoms with E-state index in [1.807, 2.05) is 37.3 Å². The van der Waals surface area contributed by atoms with Gasteiger partial charge in [0.05, 0.1) is 6.04 Å². The third kappa shape index (κ3) is 1.58. The molecule has 1 aromatic carbocycles. The van der Waals surface area contributed by atoms with Gasteiger partial charge >= 0.3 is 0 Å². The summed E-state index contributed by atoms with van der Waals surface area (Å²) in [5, 5.41) is 10.1. The predicted octanol–water partition coefficient (Wildman–Crippen LogP) is 1.94. The van der Waals surface area contributed by atoms with Crippen LogP contribution in [0.5, 0.6) is 0 Å². The third-order valence-electron chi connectivity index (χ3n) is 2.16. The number of aromatic nitrogens is 4. The van der Waals surface area contributed by atoms with Gasteiger partial charge in [-0.2, -0.15) is 5.21 Å². The maximum Gasteiger partial charge on any atom is 0.238 e. The molecule has 0 radical (unpaired) electrons. The van der Waals surface area contributed by atoms with Crippen LogP contribution in [0.1, 0.15) is 18.5 Å². The average Bonchev–Trinajstić information content (AvgIpc) is 2.65. The van der Waals surface area contributed by atoms with E-state index in [0.29, 0.717) is 4.77 Å². The molecule has 4 nitrogen and oxygen atoms in total. The fraction of sp³-hybridized carbons (Fsp3) is 0.222. The van der Waals surface area contributed by atoms with E-state index in [-0.39, 0.29) is 6.04 Å². The van der Waals surface area contributed by atoms with Crippen molar-refractivity contribution in [3.8, 4) is 0 Å². The summed E-state index contributed by atoms with van der Waals surface area (Å²) >= 11 is 5.02. The molecule has 14 heavy (non-hydrogen) atoms. The largest absolute Gasteiger partial charge is 0.238 e. The van der Waals surface area contributed by atoms with Gasteiger partial charge in [0.2, 0.25) is 4.77 Å². The zero-order valence-electron chi connectivity index (χ0n) is 7.71. The maximum atomic E-state index is 5.02. The van der Waals surface area contributed by atoms with Crippen LogP contribution in [-0.2, 0) is 0 Å². The van der Waals surface area contributed by atoms with E-state index in [1.165, 1.54) is 5.56 Å². The Morgan fingerprint density at radius 3 is 2.64 bits per heavy atom. The number of aromatic amines is 1. The summed E-state index contributed by atoms with van der Waals surface area (Å²) < 4.78 is 2.23. The topological polar surface area (TPSA) is 46.5 Å². The first-order valence-corrected chi connectivity index (χ1v) is 4.74. The Kier molecular flexibility index (Phi) is 2.41. The van der Waals surface area contributed by atoms with E-state index >= 15 is 0 Å². The maximum absolute atomic E-state index is 5.02. The van der Waals surface area contributed by atoms with Crippen molar-refractivity contribution in [1.82, 2.24) is 20.2 Å². The number of rotatable bonds is 2. The Morgan fingerprint density at radius 1 is 1.36 bits per heavy atom. The van der Waals surface area contributed by atoms with Crippen molar-refractivity contribution < 1.29 is 0 Å². The second-order valence-electron chi connectivity index (χ2n) is 3.04. The highest BCUT2D eigenvalue weighted by atomic mass is 32.1. The molecule has 0 bridgehead atoms. The molecule has 1 heterocycles. The summed E-state index contributed by atoms with van der Waals surface area (Å²) in [5.74, 6) is 0. The predicted molar refractivity (Wildman–Crippen MR) is 55.5 cm³/mol. The molecule has 0 saturated carbocycles. The molecule has 72 valence electrons. The molecule has 0 spiro atoms. The summed E-state index contributed by atoms with van der Waals surface area (Å²) in [6.45, 7) is 2.05. The van der Waals surface area contributed by atoms with Crippen molar-refractivity contribution in [2.45, 2.75) is 13.0 Å². The number of tetrazole rings is 1. The van der Waals surface area contributed by atoms with Crippen molar-refractivity contribution in [2.75, 3.05) is 0 Å². The SMILES string of the molecule is CC(c1ccccc1)n1[nH]nnc1=S. The molecule has 0 aliphatic rings. The zero-order valence-corrected chi connectivity index (χ0v) is 8.53. The molecule has 0 fully saturated rings. The minimum Gasteiger partial charge on any atom is -0.235 e. The van der Waals surface area contributed by atoms with E-state index in [1.54, 1.807) is 4.68 Å². The van der Waals surface area contributed by atoms with Gasteiger partial charge < -0.3 is 0 Å². The molecule has 1 N–H and O–H groups in total. The molecule has 1 unspecified atom stereocenters. The Labute approximate surface area is 86.6 Å². The second-order valence-corrected chi connectivity index (χ2v) is 3.40. The molecule has 1 atom stereocenters. The molecular weight excluding hydrogens is 196 g/mol. The number of nitrogens with one attached hydrogen (secondary N) is 1. The van der Waals surface area contributed by atoms with Crippen LogP contribution in [0.25, 0.3) is 0 Å². The first kappa shape index (κ1) is 9.08. The lowest BCUT2D eigenvalue weighted by Gasteiger charge is -2.11. The molecule has 0 saturated heterocycles. The van der Waals surface area contributed by atoms with Crippen LogP contribution in [-0.4, -0.2) is 20.2 Å². The van der Waals surface area contributed by atoms with E-state index < -0.39 is 0 Å². The fourth-order valence-electron chi connectivity index (χ4n) is 1.34. The number of hydrogen-bond donors (Lipinski definition) is 1. The number of H-pyrrole nitrogens is 1. The van der Waals surface area contributed by atoms with Crippen LogP contribution in [0.2, 0.25) is 0 Å². The summed E-state index contributed by atoms with van der Waals surface area (Å²) in [7, 11) is 0. The first-order valence-electron chi connectivity index (χ1n) is 4.33. The van der Waals surface area contributed by atoms with Crippen LogP contribution in [0.15, 0.2) is 30.3 Å². The van der Waals surface area contributed by atoms with Gasteiger partial charge in [-0.25, -0.2) is 4.68 Å². The second kappa shape index (κ2) is 3.71. The highest BCUT2D eigenvalue weighted by Crippen LogP contribution is 2.15. The Morgan fingerprint density at radius 2 is 2.07 bits per heavy atom. The van der Waals surface area contributed by atoms with Crippen molar-refractivity contribution >= 4 is 12.2 Å². The molecule has 2 aromatic rings. The highest BCUT2D eigenvalue weighted by molar-refractivity contribution is 7.71. The van der Waals surface area contributed by atoms with E-state index in [9.17, 15) is 0 Å². The fourth-order valence-corrected chi connectivity index (χ4v) is 1.58. The minimum atomic E-state index is 0.138. The molecular formula is C9H10N4S. The molecule has 0 amide bonds. The van der Waals surface area contributed by atoms with Gasteiger partial charge in [0.1, 0.15) is 0 Å². The first-order chi connectivity index (χ1) is 6.79. The Hall–Kier alpha value is -1.49. The quantitative estimate of drug-likeness (QED) is 0.764. The molecule has 2 rings (SSSR count). The van der Waals surface area contributed by atoms with Crippen LogP contribution in [0.4, 0.5) is 0 Å². The lowest BCUT2D eigenvalue weighted by Crippen LogP contribution is -2.08. The van der Waals surface area contributed by atoms with E-state index in [4.69, 9.17) is 12.2 Å². The average molecular weight is 206 g/mol. The highest BCUT2D eigenvalue weighted by Gasteiger charge is 2.08. The summed E-state index contributed by atoms with van der Waals surface area (Å²) in [5.41, 5.74) is 1.18. The van der Waals surface area contributed by atoms with Crippen LogP contribution >= 0.6 is 12.2 Å². The zero-order chi connectivity index (χ0) is 9.97. The monoisotopic (exact) mass is 206 g/mol. The van der Waals surface area contributed by atoms with Gasteiger partial charge in [-0.15, -0.1) is 0 Å². The van der Waals surface area contributed by atoms with Crippen LogP contribution in [0.3, 0.4) is 0 Å². The lowest BCUT2D eigenvalue weighted by molar-refractivity contribution is 0.537. The van der Waals surface area contributed by atoms with Crippen molar-refractivity contribution in [1.29, 1.82) is 0 Å².